The zero-order valence-electron chi connectivity index (χ0n) is 11.1. The molecule has 4 heteroatoms. The van der Waals surface area contributed by atoms with Crippen LogP contribution in [0.2, 0.25) is 0 Å². The maximum atomic E-state index is 5.74. The van der Waals surface area contributed by atoms with E-state index in [1.807, 2.05) is 24.3 Å². The molecule has 0 spiro atoms. The van der Waals surface area contributed by atoms with Crippen molar-refractivity contribution in [3.05, 3.63) is 52.8 Å². The van der Waals surface area contributed by atoms with Crippen LogP contribution in [0.1, 0.15) is 25.5 Å². The van der Waals surface area contributed by atoms with Gasteiger partial charge in [-0.25, -0.2) is 0 Å². The topological polar surface area (TPSA) is 34.1 Å². The Balaban J connectivity index is 2.15. The summed E-state index contributed by atoms with van der Waals surface area (Å²) in [4.78, 5) is 4.03. The maximum absolute atomic E-state index is 5.74. The van der Waals surface area contributed by atoms with Gasteiger partial charge in [0.1, 0.15) is 11.5 Å². The minimum absolute atomic E-state index is 0.312. The molecule has 0 saturated carbocycles. The molecule has 1 N–H and O–H groups in total. The van der Waals surface area contributed by atoms with Gasteiger partial charge in [-0.2, -0.15) is 0 Å². The molecule has 1 heterocycles. The van der Waals surface area contributed by atoms with Crippen LogP contribution in [0.3, 0.4) is 0 Å². The van der Waals surface area contributed by atoms with Crippen molar-refractivity contribution < 1.29 is 4.74 Å². The van der Waals surface area contributed by atoms with E-state index in [2.05, 4.69) is 46.1 Å². The van der Waals surface area contributed by atoms with E-state index in [-0.39, 0.29) is 0 Å². The first-order chi connectivity index (χ1) is 9.20. The lowest BCUT2D eigenvalue weighted by atomic mass is 10.1. The van der Waals surface area contributed by atoms with Crippen LogP contribution in [-0.4, -0.2) is 11.5 Å². The lowest BCUT2D eigenvalue weighted by Gasteiger charge is -2.15. The molecule has 0 aliphatic heterocycles. The number of hydrogen-bond acceptors (Lipinski definition) is 3. The van der Waals surface area contributed by atoms with Crippen LogP contribution in [0.15, 0.2) is 47.2 Å². The summed E-state index contributed by atoms with van der Waals surface area (Å²) in [5, 5.41) is 3.39. The number of aromatic nitrogens is 1. The fraction of sp³-hybridized carbons (Fsp3) is 0.267. The summed E-state index contributed by atoms with van der Waals surface area (Å²) in [7, 11) is 0. The van der Waals surface area contributed by atoms with E-state index >= 15 is 0 Å². The minimum Gasteiger partial charge on any atom is -0.456 e. The first kappa shape index (κ1) is 14.0. The van der Waals surface area contributed by atoms with Gasteiger partial charge < -0.3 is 10.1 Å². The fourth-order valence-electron chi connectivity index (χ4n) is 1.88. The highest BCUT2D eigenvalue weighted by molar-refractivity contribution is 9.10. The Bertz CT molecular complexity index is 531. The van der Waals surface area contributed by atoms with Crippen LogP contribution in [-0.2, 0) is 0 Å². The van der Waals surface area contributed by atoms with Crippen LogP contribution in [0.5, 0.6) is 11.5 Å². The highest BCUT2D eigenvalue weighted by atomic mass is 79.9. The molecular formula is C15H17BrN2O. The molecule has 1 unspecified atom stereocenters. The quantitative estimate of drug-likeness (QED) is 0.891. The first-order valence-electron chi connectivity index (χ1n) is 6.31. The molecular weight excluding hydrogens is 304 g/mol. The minimum atomic E-state index is 0.312. The number of hydrogen-bond donors (Lipinski definition) is 1. The lowest BCUT2D eigenvalue weighted by Crippen LogP contribution is -2.17. The third-order valence-electron chi connectivity index (χ3n) is 2.82. The molecule has 0 amide bonds. The van der Waals surface area contributed by atoms with Crippen molar-refractivity contribution in [2.45, 2.75) is 19.9 Å². The van der Waals surface area contributed by atoms with Crippen LogP contribution >= 0.6 is 15.9 Å². The second-order valence-electron chi connectivity index (χ2n) is 4.25. The summed E-state index contributed by atoms with van der Waals surface area (Å²) in [6.07, 6.45) is 3.42. The molecule has 100 valence electrons. The maximum Gasteiger partial charge on any atom is 0.145 e. The average molecular weight is 321 g/mol. The summed E-state index contributed by atoms with van der Waals surface area (Å²) in [5.41, 5.74) is 1.22. The molecule has 1 atom stereocenters. The summed E-state index contributed by atoms with van der Waals surface area (Å²) < 4.78 is 6.78. The first-order valence-corrected chi connectivity index (χ1v) is 7.10. The molecule has 19 heavy (non-hydrogen) atoms. The third-order valence-corrected chi connectivity index (χ3v) is 3.51. The van der Waals surface area contributed by atoms with Gasteiger partial charge in [0.2, 0.25) is 0 Å². The van der Waals surface area contributed by atoms with Gasteiger partial charge >= 0.3 is 0 Å². The van der Waals surface area contributed by atoms with Gasteiger partial charge in [0.15, 0.2) is 0 Å². The highest BCUT2D eigenvalue weighted by Crippen LogP contribution is 2.29. The van der Waals surface area contributed by atoms with Gasteiger partial charge in [-0.1, -0.05) is 28.9 Å². The van der Waals surface area contributed by atoms with E-state index < -0.39 is 0 Å². The zero-order valence-corrected chi connectivity index (χ0v) is 12.6. The predicted molar refractivity (Wildman–Crippen MR) is 80.5 cm³/mol. The molecule has 0 aliphatic rings. The molecule has 0 radical (unpaired) electrons. The summed E-state index contributed by atoms with van der Waals surface area (Å²) in [6, 6.07) is 10.1. The third kappa shape index (κ3) is 3.78. The molecule has 1 aromatic carbocycles. The number of benzene rings is 1. The number of nitrogens with zero attached hydrogens (tertiary/aromatic N) is 1. The second-order valence-corrected chi connectivity index (χ2v) is 5.11. The van der Waals surface area contributed by atoms with Crippen LogP contribution < -0.4 is 10.1 Å². The van der Waals surface area contributed by atoms with E-state index in [4.69, 9.17) is 4.74 Å². The van der Waals surface area contributed by atoms with E-state index in [9.17, 15) is 0 Å². The average Bonchev–Trinajstić information content (AvgIpc) is 2.40. The standard InChI is InChI=1S/C15H17BrN2O/c1-3-18-11(2)14-7-6-12(9-15(14)16)19-13-5-4-8-17-10-13/h4-11,18H,3H2,1-2H3. The van der Waals surface area contributed by atoms with Gasteiger partial charge in [0, 0.05) is 16.7 Å². The second kappa shape index (κ2) is 6.68. The SMILES string of the molecule is CCNC(C)c1ccc(Oc2cccnc2)cc1Br. The summed E-state index contributed by atoms with van der Waals surface area (Å²) in [5.74, 6) is 1.54. The normalized spacial score (nSPS) is 12.2. The Morgan fingerprint density at radius 3 is 2.79 bits per heavy atom. The van der Waals surface area contributed by atoms with Crippen molar-refractivity contribution in [1.29, 1.82) is 0 Å². The van der Waals surface area contributed by atoms with Crippen LogP contribution in [0, 0.1) is 0 Å². The Labute approximate surface area is 122 Å². The van der Waals surface area contributed by atoms with Crippen LogP contribution in [0.4, 0.5) is 0 Å². The van der Waals surface area contributed by atoms with Crippen molar-refractivity contribution in [3.63, 3.8) is 0 Å². The number of pyridine rings is 1. The molecule has 1 aromatic heterocycles. The largest absolute Gasteiger partial charge is 0.456 e. The van der Waals surface area contributed by atoms with Gasteiger partial charge in [-0.3, -0.25) is 4.98 Å². The smallest absolute Gasteiger partial charge is 0.145 e. The van der Waals surface area contributed by atoms with Crippen molar-refractivity contribution in [1.82, 2.24) is 10.3 Å². The molecule has 2 rings (SSSR count). The fourth-order valence-corrected chi connectivity index (χ4v) is 2.58. The summed E-state index contributed by atoms with van der Waals surface area (Å²) in [6.45, 7) is 5.19. The zero-order chi connectivity index (χ0) is 13.7. The Morgan fingerprint density at radius 1 is 1.32 bits per heavy atom. The molecule has 0 aliphatic carbocycles. The van der Waals surface area contributed by atoms with Crippen LogP contribution in [0.25, 0.3) is 0 Å². The van der Waals surface area contributed by atoms with Crippen molar-refractivity contribution in [2.75, 3.05) is 6.54 Å². The number of ether oxygens (including phenoxy) is 1. The molecule has 0 fully saturated rings. The number of nitrogens with one attached hydrogen (secondary N) is 1. The van der Waals surface area contributed by atoms with E-state index in [0.717, 1.165) is 22.5 Å². The van der Waals surface area contributed by atoms with Gasteiger partial charge in [0.25, 0.3) is 0 Å². The Hall–Kier alpha value is -1.39. The van der Waals surface area contributed by atoms with Crippen molar-refractivity contribution >= 4 is 15.9 Å². The Morgan fingerprint density at radius 2 is 2.16 bits per heavy atom. The van der Waals surface area contributed by atoms with Gasteiger partial charge in [-0.05, 0) is 43.3 Å². The monoisotopic (exact) mass is 320 g/mol. The number of halogens is 1. The molecule has 0 bridgehead atoms. The van der Waals surface area contributed by atoms with Gasteiger partial charge in [0.05, 0.1) is 6.20 Å². The highest BCUT2D eigenvalue weighted by Gasteiger charge is 2.09. The molecule has 2 aromatic rings. The van der Waals surface area contributed by atoms with Crippen molar-refractivity contribution in [3.8, 4) is 11.5 Å². The predicted octanol–water partition coefficient (Wildman–Crippen LogP) is 4.31. The van der Waals surface area contributed by atoms with Gasteiger partial charge in [-0.15, -0.1) is 0 Å². The Kier molecular flexibility index (Phi) is 4.93. The van der Waals surface area contributed by atoms with E-state index in [1.54, 1.807) is 12.4 Å². The molecule has 0 saturated heterocycles. The van der Waals surface area contributed by atoms with E-state index in [1.165, 1.54) is 5.56 Å². The van der Waals surface area contributed by atoms with E-state index in [0.29, 0.717) is 6.04 Å². The molecule has 3 nitrogen and oxygen atoms in total. The lowest BCUT2D eigenvalue weighted by molar-refractivity contribution is 0.479. The number of rotatable bonds is 5. The van der Waals surface area contributed by atoms with Crippen molar-refractivity contribution in [2.24, 2.45) is 0 Å². The summed E-state index contributed by atoms with van der Waals surface area (Å²) >= 11 is 3.60.